The molecule has 1 fully saturated rings. The number of alkyl halides is 3. The summed E-state index contributed by atoms with van der Waals surface area (Å²) in [5.74, 6) is 0. The normalized spacial score (nSPS) is 17.2. The van der Waals surface area contributed by atoms with Crippen LogP contribution in [-0.4, -0.2) is 6.54 Å². The Morgan fingerprint density at radius 1 is 1.15 bits per heavy atom. The van der Waals surface area contributed by atoms with E-state index in [1.807, 2.05) is 6.07 Å². The smallest absolute Gasteiger partial charge is 0.330 e. The molecule has 20 heavy (non-hydrogen) atoms. The topological polar surface area (TPSA) is 26.0 Å². The molecule has 1 aliphatic carbocycles. The predicted octanol–water partition coefficient (Wildman–Crippen LogP) is 4.68. The molecule has 0 atom stereocenters. The summed E-state index contributed by atoms with van der Waals surface area (Å²) in [7, 11) is 0. The maximum Gasteiger partial charge on any atom is 0.416 e. The predicted molar refractivity (Wildman–Crippen MR) is 77.1 cm³/mol. The molecule has 1 nitrogen and oxygen atoms in total. The Morgan fingerprint density at radius 2 is 1.85 bits per heavy atom. The summed E-state index contributed by atoms with van der Waals surface area (Å²) in [4.78, 5) is 0. The van der Waals surface area contributed by atoms with Gasteiger partial charge in [-0.15, -0.1) is 12.4 Å². The average Bonchev–Trinajstić information content (AvgIpc) is 2.32. The summed E-state index contributed by atoms with van der Waals surface area (Å²) in [6.45, 7) is 0.651. The number of nitrogens with two attached hydrogens (primary N) is 1. The van der Waals surface area contributed by atoms with Crippen LogP contribution in [0.15, 0.2) is 24.3 Å². The van der Waals surface area contributed by atoms with Gasteiger partial charge >= 0.3 is 6.18 Å². The monoisotopic (exact) mass is 307 g/mol. The lowest BCUT2D eigenvalue weighted by Gasteiger charge is -2.43. The van der Waals surface area contributed by atoms with E-state index in [9.17, 15) is 13.2 Å². The molecule has 0 saturated heterocycles. The summed E-state index contributed by atoms with van der Waals surface area (Å²) in [5.41, 5.74) is 5.78. The molecule has 0 spiro atoms. The zero-order chi connectivity index (χ0) is 13.9. The Hall–Kier alpha value is -0.740. The molecule has 0 aromatic heterocycles. The third kappa shape index (κ3) is 3.67. The second kappa shape index (κ2) is 6.81. The van der Waals surface area contributed by atoms with Gasteiger partial charge in [0.05, 0.1) is 5.56 Å². The summed E-state index contributed by atoms with van der Waals surface area (Å²) in [6, 6.07) is 5.86. The van der Waals surface area contributed by atoms with Crippen molar-refractivity contribution in [3.05, 3.63) is 35.4 Å². The summed E-state index contributed by atoms with van der Waals surface area (Å²) in [5, 5.41) is 0. The Kier molecular flexibility index (Phi) is 5.90. The van der Waals surface area contributed by atoms with Crippen molar-refractivity contribution < 1.29 is 13.2 Å². The first kappa shape index (κ1) is 17.3. The lowest BCUT2D eigenvalue weighted by atomic mass is 9.62. The van der Waals surface area contributed by atoms with E-state index in [0.29, 0.717) is 6.54 Å². The highest BCUT2D eigenvalue weighted by molar-refractivity contribution is 5.85. The number of unbranched alkanes of at least 4 members (excludes halogenated alkanes) is 1. The van der Waals surface area contributed by atoms with Crippen LogP contribution in [0.25, 0.3) is 0 Å². The van der Waals surface area contributed by atoms with Gasteiger partial charge in [-0.05, 0) is 49.3 Å². The highest BCUT2D eigenvalue weighted by atomic mass is 35.5. The van der Waals surface area contributed by atoms with Gasteiger partial charge in [0.1, 0.15) is 0 Å². The fourth-order valence-electron chi connectivity index (χ4n) is 2.92. The van der Waals surface area contributed by atoms with Crippen LogP contribution in [0.4, 0.5) is 13.2 Å². The lowest BCUT2D eigenvalue weighted by molar-refractivity contribution is -0.137. The van der Waals surface area contributed by atoms with Crippen LogP contribution < -0.4 is 5.73 Å². The van der Waals surface area contributed by atoms with E-state index >= 15 is 0 Å². The van der Waals surface area contributed by atoms with Gasteiger partial charge in [-0.25, -0.2) is 0 Å². The van der Waals surface area contributed by atoms with Gasteiger partial charge in [-0.2, -0.15) is 13.2 Å². The van der Waals surface area contributed by atoms with E-state index in [-0.39, 0.29) is 17.8 Å². The standard InChI is InChI=1S/C15H20F3N.ClH/c16-15(17,18)13-6-3-5-12(11-13)14(8-4-9-14)7-1-2-10-19;/h3,5-6,11H,1-2,4,7-10,19H2;1H. The van der Waals surface area contributed by atoms with E-state index < -0.39 is 11.7 Å². The Labute approximate surface area is 124 Å². The molecular formula is C15H21ClF3N. The minimum Gasteiger partial charge on any atom is -0.330 e. The van der Waals surface area contributed by atoms with Crippen molar-refractivity contribution in [3.63, 3.8) is 0 Å². The summed E-state index contributed by atoms with van der Waals surface area (Å²) in [6.07, 6.45) is 1.74. The quantitative estimate of drug-likeness (QED) is 0.785. The Balaban J connectivity index is 0.00000200. The van der Waals surface area contributed by atoms with Gasteiger partial charge < -0.3 is 5.73 Å². The lowest BCUT2D eigenvalue weighted by Crippen LogP contribution is -2.34. The molecule has 0 heterocycles. The van der Waals surface area contributed by atoms with Crippen molar-refractivity contribution >= 4 is 12.4 Å². The molecule has 0 bridgehead atoms. The van der Waals surface area contributed by atoms with Crippen molar-refractivity contribution in [2.75, 3.05) is 6.54 Å². The minimum atomic E-state index is -4.25. The SMILES string of the molecule is Cl.NCCCCC1(c2cccc(C(F)(F)F)c2)CCC1. The first-order valence-electron chi connectivity index (χ1n) is 6.86. The second-order valence-corrected chi connectivity index (χ2v) is 5.46. The fourth-order valence-corrected chi connectivity index (χ4v) is 2.92. The molecule has 5 heteroatoms. The van der Waals surface area contributed by atoms with Crippen LogP contribution in [0.3, 0.4) is 0 Å². The van der Waals surface area contributed by atoms with Crippen LogP contribution in [0.5, 0.6) is 0 Å². The first-order chi connectivity index (χ1) is 8.98. The van der Waals surface area contributed by atoms with E-state index in [0.717, 1.165) is 50.2 Å². The molecule has 1 aromatic carbocycles. The zero-order valence-corrected chi connectivity index (χ0v) is 12.2. The molecule has 0 radical (unpaired) electrons. The van der Waals surface area contributed by atoms with E-state index in [1.54, 1.807) is 0 Å². The van der Waals surface area contributed by atoms with Crippen LogP contribution in [0.2, 0.25) is 0 Å². The van der Waals surface area contributed by atoms with Gasteiger partial charge in [0.15, 0.2) is 0 Å². The van der Waals surface area contributed by atoms with E-state index in [4.69, 9.17) is 5.73 Å². The molecule has 0 aliphatic heterocycles. The maximum absolute atomic E-state index is 12.8. The van der Waals surface area contributed by atoms with Gasteiger partial charge in [0, 0.05) is 0 Å². The van der Waals surface area contributed by atoms with Crippen molar-refractivity contribution in [2.24, 2.45) is 5.73 Å². The highest BCUT2D eigenvalue weighted by Gasteiger charge is 2.39. The Bertz CT molecular complexity index is 427. The van der Waals surface area contributed by atoms with Crippen LogP contribution in [-0.2, 0) is 11.6 Å². The number of benzene rings is 1. The molecule has 114 valence electrons. The average molecular weight is 308 g/mol. The number of hydrogen-bond donors (Lipinski definition) is 1. The minimum absolute atomic E-state index is 0. The Morgan fingerprint density at radius 3 is 2.35 bits per heavy atom. The third-order valence-electron chi connectivity index (χ3n) is 4.22. The van der Waals surface area contributed by atoms with Gasteiger partial charge in [0.2, 0.25) is 0 Å². The summed E-state index contributed by atoms with van der Waals surface area (Å²) < 4.78 is 38.3. The van der Waals surface area contributed by atoms with Crippen LogP contribution >= 0.6 is 12.4 Å². The molecule has 0 unspecified atom stereocenters. The van der Waals surface area contributed by atoms with Gasteiger partial charge in [-0.1, -0.05) is 31.0 Å². The number of hydrogen-bond acceptors (Lipinski definition) is 1. The van der Waals surface area contributed by atoms with Crippen LogP contribution in [0, 0.1) is 0 Å². The van der Waals surface area contributed by atoms with E-state index in [1.165, 1.54) is 12.1 Å². The molecule has 2 N–H and O–H groups in total. The highest BCUT2D eigenvalue weighted by Crippen LogP contribution is 2.48. The van der Waals surface area contributed by atoms with Crippen molar-refractivity contribution in [1.82, 2.24) is 0 Å². The second-order valence-electron chi connectivity index (χ2n) is 5.46. The zero-order valence-electron chi connectivity index (χ0n) is 11.4. The molecule has 0 amide bonds. The summed E-state index contributed by atoms with van der Waals surface area (Å²) >= 11 is 0. The van der Waals surface area contributed by atoms with E-state index in [2.05, 4.69) is 0 Å². The maximum atomic E-state index is 12.8. The van der Waals surface area contributed by atoms with Crippen molar-refractivity contribution in [2.45, 2.75) is 50.1 Å². The molecule has 1 aliphatic rings. The molecule has 1 aromatic rings. The van der Waals surface area contributed by atoms with Crippen LogP contribution in [0.1, 0.15) is 49.7 Å². The molecule has 1 saturated carbocycles. The molecule has 2 rings (SSSR count). The van der Waals surface area contributed by atoms with Crippen molar-refractivity contribution in [3.8, 4) is 0 Å². The third-order valence-corrected chi connectivity index (χ3v) is 4.22. The van der Waals surface area contributed by atoms with Gasteiger partial charge in [-0.3, -0.25) is 0 Å². The number of halogens is 4. The van der Waals surface area contributed by atoms with Crippen molar-refractivity contribution in [1.29, 1.82) is 0 Å². The largest absolute Gasteiger partial charge is 0.416 e. The number of rotatable bonds is 5. The first-order valence-corrected chi connectivity index (χ1v) is 6.86. The molecular weight excluding hydrogens is 287 g/mol. The van der Waals surface area contributed by atoms with Gasteiger partial charge in [0.25, 0.3) is 0 Å². The fraction of sp³-hybridized carbons (Fsp3) is 0.600.